The van der Waals surface area contributed by atoms with Crippen LogP contribution in [0, 0.1) is 3.70 Å². The summed E-state index contributed by atoms with van der Waals surface area (Å²) in [4.78, 5) is 0. The van der Waals surface area contributed by atoms with Crippen molar-refractivity contribution in [2.24, 2.45) is 0 Å². The predicted molar refractivity (Wildman–Crippen MR) is 76.7 cm³/mol. The third-order valence-corrected chi connectivity index (χ3v) is 5.72. The minimum atomic E-state index is -0.967. The lowest BCUT2D eigenvalue weighted by molar-refractivity contribution is 0.0783. The highest BCUT2D eigenvalue weighted by Gasteiger charge is 2.12. The highest BCUT2D eigenvalue weighted by atomic mass is 127. The Hall–Kier alpha value is 0.597. The molecule has 1 rings (SSSR count). The lowest BCUT2D eigenvalue weighted by atomic mass is 10.7. The number of rotatable bonds is 5. The number of hydrogen-bond acceptors (Lipinski definition) is 2. The van der Waals surface area contributed by atoms with E-state index < -0.39 is 8.07 Å². The summed E-state index contributed by atoms with van der Waals surface area (Å²) in [6.45, 7) is 8.44. The van der Waals surface area contributed by atoms with E-state index in [4.69, 9.17) is 4.74 Å². The first-order valence-corrected chi connectivity index (χ1v) is 10.4. The van der Waals surface area contributed by atoms with Crippen molar-refractivity contribution in [1.29, 1.82) is 0 Å². The van der Waals surface area contributed by atoms with Crippen LogP contribution >= 0.6 is 38.5 Å². The Labute approximate surface area is 114 Å². The molecule has 0 aromatic carbocycles. The number of hydrogen-bond donors (Lipinski definition) is 0. The van der Waals surface area contributed by atoms with E-state index in [0.29, 0.717) is 6.73 Å². The van der Waals surface area contributed by atoms with E-state index in [2.05, 4.69) is 63.3 Å². The molecule has 0 saturated carbocycles. The summed E-state index contributed by atoms with van der Waals surface area (Å²) in [5.74, 6) is 0. The van der Waals surface area contributed by atoms with Gasteiger partial charge >= 0.3 is 0 Å². The topological polar surface area (TPSA) is 27.1 Å². The van der Waals surface area contributed by atoms with E-state index in [0.717, 1.165) is 14.8 Å². The number of halogens is 2. The van der Waals surface area contributed by atoms with Crippen LogP contribution in [0.3, 0.4) is 0 Å². The molecule has 86 valence electrons. The standard InChI is InChI=1S/C9H16BrIN2OSi/c1-15(2,3)5-4-14-7-13-6-8(10)9(11)12-13/h6H,4-5,7H2,1-3H3. The fraction of sp³-hybridized carbons (Fsp3) is 0.667. The van der Waals surface area contributed by atoms with Gasteiger partial charge in [0.1, 0.15) is 10.4 Å². The zero-order chi connectivity index (χ0) is 11.5. The second-order valence-electron chi connectivity index (χ2n) is 4.66. The molecule has 0 atom stereocenters. The van der Waals surface area contributed by atoms with Crippen molar-refractivity contribution < 1.29 is 4.74 Å². The maximum Gasteiger partial charge on any atom is 0.139 e. The van der Waals surface area contributed by atoms with E-state index >= 15 is 0 Å². The zero-order valence-corrected chi connectivity index (χ0v) is 14.0. The fourth-order valence-corrected chi connectivity index (χ4v) is 2.46. The fourth-order valence-electron chi connectivity index (χ4n) is 0.976. The van der Waals surface area contributed by atoms with E-state index in [1.54, 1.807) is 0 Å². The molecule has 0 bridgehead atoms. The molecule has 15 heavy (non-hydrogen) atoms. The molecule has 0 spiro atoms. The van der Waals surface area contributed by atoms with Gasteiger partial charge in [0.25, 0.3) is 0 Å². The maximum absolute atomic E-state index is 5.58. The molecular formula is C9H16BrIN2OSi. The van der Waals surface area contributed by atoms with Crippen molar-refractivity contribution in [1.82, 2.24) is 9.78 Å². The number of aromatic nitrogens is 2. The Morgan fingerprint density at radius 3 is 2.67 bits per heavy atom. The smallest absolute Gasteiger partial charge is 0.139 e. The Morgan fingerprint density at radius 2 is 2.20 bits per heavy atom. The Bertz CT molecular complexity index is 305. The van der Waals surface area contributed by atoms with Gasteiger partial charge < -0.3 is 4.74 Å². The SMILES string of the molecule is C[Si](C)(C)CCOCn1cc(Br)c(I)n1. The van der Waals surface area contributed by atoms with Crippen molar-refractivity contribution in [3.8, 4) is 0 Å². The van der Waals surface area contributed by atoms with Gasteiger partial charge in [-0.2, -0.15) is 5.10 Å². The molecule has 0 saturated heterocycles. The molecule has 0 amide bonds. The quantitative estimate of drug-likeness (QED) is 0.427. The molecule has 0 unspecified atom stereocenters. The zero-order valence-electron chi connectivity index (χ0n) is 9.26. The van der Waals surface area contributed by atoms with Crippen LogP contribution in [0.2, 0.25) is 25.7 Å². The van der Waals surface area contributed by atoms with E-state index in [-0.39, 0.29) is 0 Å². The maximum atomic E-state index is 5.58. The molecule has 1 aromatic heterocycles. The summed E-state index contributed by atoms with van der Waals surface area (Å²) < 4.78 is 9.39. The summed E-state index contributed by atoms with van der Waals surface area (Å²) in [6, 6.07) is 1.20. The van der Waals surface area contributed by atoms with Gasteiger partial charge in [-0.15, -0.1) is 0 Å². The summed E-state index contributed by atoms with van der Waals surface area (Å²) in [5.41, 5.74) is 0. The van der Waals surface area contributed by atoms with Crippen LogP contribution in [-0.4, -0.2) is 24.5 Å². The molecule has 0 aliphatic heterocycles. The summed E-state index contributed by atoms with van der Waals surface area (Å²) in [5, 5.41) is 4.29. The predicted octanol–water partition coefficient (Wildman–Crippen LogP) is 3.56. The highest BCUT2D eigenvalue weighted by Crippen LogP contribution is 2.16. The minimum absolute atomic E-state index is 0.548. The third kappa shape index (κ3) is 5.46. The normalized spacial score (nSPS) is 12.1. The molecule has 3 nitrogen and oxygen atoms in total. The molecular weight excluding hydrogens is 387 g/mol. The van der Waals surface area contributed by atoms with Crippen LogP contribution in [0.15, 0.2) is 10.7 Å². The van der Waals surface area contributed by atoms with Gasteiger partial charge in [0.05, 0.1) is 4.47 Å². The lowest BCUT2D eigenvalue weighted by Gasteiger charge is -2.15. The van der Waals surface area contributed by atoms with Crippen LogP contribution in [0.25, 0.3) is 0 Å². The van der Waals surface area contributed by atoms with Crippen LogP contribution in [0.5, 0.6) is 0 Å². The number of nitrogens with zero attached hydrogens (tertiary/aromatic N) is 2. The Morgan fingerprint density at radius 1 is 1.53 bits per heavy atom. The summed E-state index contributed by atoms with van der Waals surface area (Å²) in [7, 11) is -0.967. The van der Waals surface area contributed by atoms with Crippen molar-refractivity contribution in [2.75, 3.05) is 6.61 Å². The van der Waals surface area contributed by atoms with Crippen LogP contribution in [-0.2, 0) is 11.5 Å². The first-order chi connectivity index (χ1) is 6.88. The molecule has 1 heterocycles. The van der Waals surface area contributed by atoms with Crippen molar-refractivity contribution in [3.05, 3.63) is 14.4 Å². The van der Waals surface area contributed by atoms with E-state index in [1.807, 2.05) is 10.9 Å². The summed E-state index contributed by atoms with van der Waals surface area (Å²) in [6.07, 6.45) is 1.94. The van der Waals surface area contributed by atoms with E-state index in [9.17, 15) is 0 Å². The van der Waals surface area contributed by atoms with Crippen molar-refractivity contribution in [3.63, 3.8) is 0 Å². The van der Waals surface area contributed by atoms with Crippen LogP contribution in [0.4, 0.5) is 0 Å². The van der Waals surface area contributed by atoms with Gasteiger partial charge in [0, 0.05) is 20.9 Å². The highest BCUT2D eigenvalue weighted by molar-refractivity contribution is 14.1. The third-order valence-electron chi connectivity index (χ3n) is 1.90. The average Bonchev–Trinajstić information content (AvgIpc) is 2.39. The monoisotopic (exact) mass is 402 g/mol. The van der Waals surface area contributed by atoms with Gasteiger partial charge in [-0.25, -0.2) is 4.68 Å². The molecule has 6 heteroatoms. The first kappa shape index (κ1) is 13.7. The van der Waals surface area contributed by atoms with E-state index in [1.165, 1.54) is 6.04 Å². The van der Waals surface area contributed by atoms with Gasteiger partial charge in [-0.1, -0.05) is 19.6 Å². The average molecular weight is 403 g/mol. The van der Waals surface area contributed by atoms with Gasteiger partial charge in [-0.05, 0) is 44.6 Å². The van der Waals surface area contributed by atoms with Crippen molar-refractivity contribution in [2.45, 2.75) is 32.4 Å². The second kappa shape index (κ2) is 5.79. The van der Waals surface area contributed by atoms with Gasteiger partial charge in [0.2, 0.25) is 0 Å². The minimum Gasteiger partial charge on any atom is -0.360 e. The molecule has 0 aliphatic carbocycles. The number of ether oxygens (including phenoxy) is 1. The first-order valence-electron chi connectivity index (χ1n) is 4.85. The summed E-state index contributed by atoms with van der Waals surface area (Å²) >= 11 is 5.61. The molecule has 0 aliphatic rings. The molecule has 1 aromatic rings. The van der Waals surface area contributed by atoms with Gasteiger partial charge in [-0.3, -0.25) is 0 Å². The molecule has 0 radical (unpaired) electrons. The second-order valence-corrected chi connectivity index (χ2v) is 12.2. The molecule has 0 N–H and O–H groups in total. The Balaban J connectivity index is 2.26. The largest absolute Gasteiger partial charge is 0.360 e. The lowest BCUT2D eigenvalue weighted by Crippen LogP contribution is -2.22. The van der Waals surface area contributed by atoms with Crippen molar-refractivity contribution >= 4 is 46.6 Å². The molecule has 0 fully saturated rings. The van der Waals surface area contributed by atoms with Gasteiger partial charge in [0.15, 0.2) is 0 Å². The van der Waals surface area contributed by atoms with Crippen LogP contribution in [0.1, 0.15) is 0 Å². The van der Waals surface area contributed by atoms with Crippen LogP contribution < -0.4 is 0 Å². The Kier molecular flexibility index (Phi) is 5.27.